The van der Waals surface area contributed by atoms with Gasteiger partial charge >= 0.3 is 0 Å². The van der Waals surface area contributed by atoms with Gasteiger partial charge in [-0.25, -0.2) is 13.4 Å². The SMILES string of the molecule is CCCn1cc(S(=O)(=O)N2CCC(CCl)CC2)nc1C. The zero-order chi connectivity index (χ0) is 14.8. The highest BCUT2D eigenvalue weighted by atomic mass is 35.5. The molecule has 1 fully saturated rings. The van der Waals surface area contributed by atoms with Gasteiger partial charge in [0.1, 0.15) is 5.82 Å². The molecule has 5 nitrogen and oxygen atoms in total. The topological polar surface area (TPSA) is 55.2 Å². The van der Waals surface area contributed by atoms with Crippen molar-refractivity contribution in [3.63, 3.8) is 0 Å². The van der Waals surface area contributed by atoms with Crippen LogP contribution < -0.4 is 0 Å². The highest BCUT2D eigenvalue weighted by molar-refractivity contribution is 7.89. The van der Waals surface area contributed by atoms with Crippen LogP contribution in [0.4, 0.5) is 0 Å². The van der Waals surface area contributed by atoms with E-state index in [4.69, 9.17) is 11.6 Å². The number of piperidine rings is 1. The van der Waals surface area contributed by atoms with Crippen LogP contribution in [0, 0.1) is 12.8 Å². The molecule has 0 aromatic carbocycles. The Bertz CT molecular complexity index is 548. The van der Waals surface area contributed by atoms with Gasteiger partial charge in [0.05, 0.1) is 0 Å². The van der Waals surface area contributed by atoms with Gasteiger partial charge < -0.3 is 4.57 Å². The number of aromatic nitrogens is 2. The predicted molar refractivity (Wildman–Crippen MR) is 79.5 cm³/mol. The van der Waals surface area contributed by atoms with E-state index in [1.54, 1.807) is 6.20 Å². The lowest BCUT2D eigenvalue weighted by atomic mass is 10.0. The summed E-state index contributed by atoms with van der Waals surface area (Å²) in [4.78, 5) is 4.22. The van der Waals surface area contributed by atoms with Crippen molar-refractivity contribution in [1.82, 2.24) is 13.9 Å². The summed E-state index contributed by atoms with van der Waals surface area (Å²) in [6.45, 7) is 5.78. The molecule has 0 bridgehead atoms. The number of nitrogens with zero attached hydrogens (tertiary/aromatic N) is 3. The average molecular weight is 320 g/mol. The van der Waals surface area contributed by atoms with Gasteiger partial charge in [-0.2, -0.15) is 4.31 Å². The fraction of sp³-hybridized carbons (Fsp3) is 0.769. The maximum Gasteiger partial charge on any atom is 0.262 e. The minimum atomic E-state index is -3.46. The lowest BCUT2D eigenvalue weighted by Gasteiger charge is -2.29. The van der Waals surface area contributed by atoms with Crippen molar-refractivity contribution in [2.45, 2.75) is 44.7 Å². The van der Waals surface area contributed by atoms with E-state index in [0.29, 0.717) is 24.9 Å². The minimum Gasteiger partial charge on any atom is -0.334 e. The molecule has 1 aromatic rings. The first-order valence-corrected chi connectivity index (χ1v) is 9.06. The minimum absolute atomic E-state index is 0.174. The molecular formula is C13H22ClN3O2S. The van der Waals surface area contributed by atoms with Gasteiger partial charge in [-0.1, -0.05) is 6.92 Å². The van der Waals surface area contributed by atoms with Crippen LogP contribution in [-0.4, -0.2) is 41.2 Å². The third-order valence-corrected chi connectivity index (χ3v) is 6.02. The van der Waals surface area contributed by atoms with Crippen molar-refractivity contribution in [3.8, 4) is 0 Å². The van der Waals surface area contributed by atoms with Crippen molar-refractivity contribution in [3.05, 3.63) is 12.0 Å². The van der Waals surface area contributed by atoms with E-state index in [2.05, 4.69) is 11.9 Å². The van der Waals surface area contributed by atoms with Crippen molar-refractivity contribution in [1.29, 1.82) is 0 Å². The molecule has 20 heavy (non-hydrogen) atoms. The summed E-state index contributed by atoms with van der Waals surface area (Å²) in [5, 5.41) is 0.174. The van der Waals surface area contributed by atoms with Crippen molar-refractivity contribution < 1.29 is 8.42 Å². The summed E-state index contributed by atoms with van der Waals surface area (Å²) in [5.41, 5.74) is 0. The molecule has 0 aliphatic carbocycles. The molecule has 1 aromatic heterocycles. The standard InChI is InChI=1S/C13H22ClN3O2S/c1-3-6-16-10-13(15-11(16)2)20(18,19)17-7-4-12(9-14)5-8-17/h10,12H,3-9H2,1-2H3. The summed E-state index contributed by atoms with van der Waals surface area (Å²) >= 11 is 5.83. The monoisotopic (exact) mass is 319 g/mol. The zero-order valence-electron chi connectivity index (χ0n) is 12.0. The maximum atomic E-state index is 12.6. The van der Waals surface area contributed by atoms with Crippen LogP contribution in [0.5, 0.6) is 0 Å². The molecule has 0 atom stereocenters. The largest absolute Gasteiger partial charge is 0.334 e. The number of imidazole rings is 1. The van der Waals surface area contributed by atoms with Crippen LogP contribution in [-0.2, 0) is 16.6 Å². The molecule has 0 N–H and O–H groups in total. The number of alkyl halides is 1. The van der Waals surface area contributed by atoms with Gasteiger partial charge in [-0.05, 0) is 32.1 Å². The fourth-order valence-corrected chi connectivity index (χ4v) is 4.28. The predicted octanol–water partition coefficient (Wildman–Crippen LogP) is 2.24. The van der Waals surface area contributed by atoms with Gasteiger partial charge in [-0.15, -0.1) is 11.6 Å². The van der Waals surface area contributed by atoms with Crippen LogP contribution in [0.1, 0.15) is 32.0 Å². The second-order valence-corrected chi connectivity index (χ2v) is 7.51. The Hall–Kier alpha value is -0.590. The van der Waals surface area contributed by atoms with E-state index in [9.17, 15) is 8.42 Å². The number of rotatable bonds is 5. The first-order chi connectivity index (χ1) is 9.48. The quantitative estimate of drug-likeness (QED) is 0.782. The highest BCUT2D eigenvalue weighted by Gasteiger charge is 2.31. The Labute approximate surface area is 126 Å². The van der Waals surface area contributed by atoms with Gasteiger partial charge in [0.25, 0.3) is 10.0 Å². The van der Waals surface area contributed by atoms with Crippen molar-refractivity contribution >= 4 is 21.6 Å². The van der Waals surface area contributed by atoms with E-state index in [1.165, 1.54) is 4.31 Å². The van der Waals surface area contributed by atoms with E-state index in [0.717, 1.165) is 31.6 Å². The smallest absolute Gasteiger partial charge is 0.262 e. The molecular weight excluding hydrogens is 298 g/mol. The summed E-state index contributed by atoms with van der Waals surface area (Å²) in [6.07, 6.45) is 4.27. The Kier molecular flexibility index (Phi) is 5.09. The molecule has 2 heterocycles. The molecule has 7 heteroatoms. The summed E-state index contributed by atoms with van der Waals surface area (Å²) in [7, 11) is -3.46. The third kappa shape index (κ3) is 3.18. The summed E-state index contributed by atoms with van der Waals surface area (Å²) in [5.74, 6) is 1.79. The van der Waals surface area contributed by atoms with E-state index in [-0.39, 0.29) is 5.03 Å². The summed E-state index contributed by atoms with van der Waals surface area (Å²) in [6, 6.07) is 0. The second kappa shape index (κ2) is 6.45. The average Bonchev–Trinajstić information content (AvgIpc) is 2.81. The Morgan fingerprint density at radius 1 is 1.40 bits per heavy atom. The first kappa shape index (κ1) is 15.8. The number of aryl methyl sites for hydroxylation is 2. The molecule has 0 amide bonds. The Morgan fingerprint density at radius 3 is 2.60 bits per heavy atom. The Morgan fingerprint density at radius 2 is 2.05 bits per heavy atom. The maximum absolute atomic E-state index is 12.6. The molecule has 0 radical (unpaired) electrons. The molecule has 2 rings (SSSR count). The third-order valence-electron chi connectivity index (χ3n) is 3.81. The van der Waals surface area contributed by atoms with Crippen LogP contribution in [0.15, 0.2) is 11.2 Å². The number of hydrogen-bond acceptors (Lipinski definition) is 3. The number of hydrogen-bond donors (Lipinski definition) is 0. The van der Waals surface area contributed by atoms with Gasteiger partial charge in [0, 0.05) is 31.7 Å². The second-order valence-electron chi connectivity index (χ2n) is 5.32. The fourth-order valence-electron chi connectivity index (χ4n) is 2.51. The summed E-state index contributed by atoms with van der Waals surface area (Å²) < 4.78 is 28.6. The van der Waals surface area contributed by atoms with E-state index >= 15 is 0 Å². The van der Waals surface area contributed by atoms with Crippen molar-refractivity contribution in [2.24, 2.45) is 5.92 Å². The molecule has 0 unspecified atom stereocenters. The molecule has 1 saturated heterocycles. The highest BCUT2D eigenvalue weighted by Crippen LogP contribution is 2.24. The zero-order valence-corrected chi connectivity index (χ0v) is 13.6. The lowest BCUT2D eigenvalue weighted by Crippen LogP contribution is -2.38. The molecule has 0 saturated carbocycles. The van der Waals surface area contributed by atoms with Gasteiger partial charge in [0.2, 0.25) is 0 Å². The normalized spacial score (nSPS) is 18.6. The first-order valence-electron chi connectivity index (χ1n) is 7.09. The molecule has 1 aliphatic rings. The van der Waals surface area contributed by atoms with Crippen LogP contribution in [0.25, 0.3) is 0 Å². The molecule has 1 aliphatic heterocycles. The number of halogens is 1. The van der Waals surface area contributed by atoms with Crippen LogP contribution in [0.3, 0.4) is 0 Å². The molecule has 114 valence electrons. The van der Waals surface area contributed by atoms with Crippen LogP contribution in [0.2, 0.25) is 0 Å². The lowest BCUT2D eigenvalue weighted by molar-refractivity contribution is 0.289. The van der Waals surface area contributed by atoms with Gasteiger partial charge in [0.15, 0.2) is 5.03 Å². The Balaban J connectivity index is 2.16. The van der Waals surface area contributed by atoms with E-state index in [1.807, 2.05) is 11.5 Å². The van der Waals surface area contributed by atoms with Gasteiger partial charge in [-0.3, -0.25) is 0 Å². The van der Waals surface area contributed by atoms with Crippen LogP contribution >= 0.6 is 11.6 Å². The number of sulfonamides is 1. The molecule has 0 spiro atoms. The van der Waals surface area contributed by atoms with Crippen molar-refractivity contribution in [2.75, 3.05) is 19.0 Å². The van der Waals surface area contributed by atoms with E-state index < -0.39 is 10.0 Å².